The van der Waals surface area contributed by atoms with Gasteiger partial charge in [-0.15, -0.1) is 0 Å². The van der Waals surface area contributed by atoms with Gasteiger partial charge in [-0.25, -0.2) is 0 Å². The van der Waals surface area contributed by atoms with Crippen LogP contribution in [0.3, 0.4) is 0 Å². The molecule has 0 aliphatic carbocycles. The van der Waals surface area contributed by atoms with Crippen LogP contribution in [0.2, 0.25) is 0 Å². The summed E-state index contributed by atoms with van der Waals surface area (Å²) in [5.74, 6) is 0. The van der Waals surface area contributed by atoms with Gasteiger partial charge in [0.2, 0.25) is 0 Å². The van der Waals surface area contributed by atoms with E-state index in [1.165, 1.54) is 44.3 Å². The summed E-state index contributed by atoms with van der Waals surface area (Å²) in [7, 11) is 0. The van der Waals surface area contributed by atoms with Gasteiger partial charge in [-0.3, -0.25) is 0 Å². The Kier molecular flexibility index (Phi) is 3.79. The Hall–Kier alpha value is -2.08. The molecule has 4 aromatic carbocycles. The lowest BCUT2D eigenvalue weighted by Crippen LogP contribution is -1.88. The van der Waals surface area contributed by atoms with E-state index in [1.54, 1.807) is 0 Å². The molecule has 0 fully saturated rings. The van der Waals surface area contributed by atoms with Gasteiger partial charge in [-0.2, -0.15) is 0 Å². The summed E-state index contributed by atoms with van der Waals surface area (Å²) < 4.78 is 0. The highest BCUT2D eigenvalue weighted by molar-refractivity contribution is 6.23. The lowest BCUT2D eigenvalue weighted by Gasteiger charge is -2.12. The van der Waals surface area contributed by atoms with Gasteiger partial charge in [-0.1, -0.05) is 81.8 Å². The normalized spacial score (nSPS) is 11.0. The molecule has 0 heterocycles. The van der Waals surface area contributed by atoms with Crippen molar-refractivity contribution >= 4 is 32.3 Å². The van der Waals surface area contributed by atoms with E-state index >= 15 is 0 Å². The van der Waals surface area contributed by atoms with E-state index < -0.39 is 0 Å². The van der Waals surface area contributed by atoms with Crippen molar-refractivity contribution in [2.45, 2.75) is 33.6 Å². The highest BCUT2D eigenvalue weighted by Crippen LogP contribution is 2.35. The molecule has 21 heavy (non-hydrogen) atoms. The average Bonchev–Trinajstić information content (AvgIpc) is 2.53. The summed E-state index contributed by atoms with van der Waals surface area (Å²) >= 11 is 0. The first-order valence-electron chi connectivity index (χ1n) is 7.95. The number of rotatable bonds is 1. The van der Waals surface area contributed by atoms with Crippen LogP contribution in [0.4, 0.5) is 0 Å². The molecule has 0 spiro atoms. The van der Waals surface area contributed by atoms with Gasteiger partial charge in [-0.05, 0) is 44.3 Å². The number of hydrogen-bond acceptors (Lipinski definition) is 0. The molecule has 0 N–H and O–H groups in total. The molecule has 0 nitrogen and oxygen atoms in total. The Bertz CT molecular complexity index is 855. The second-order valence-corrected chi connectivity index (χ2v) is 5.64. The molecule has 4 rings (SSSR count). The van der Waals surface area contributed by atoms with Gasteiger partial charge in [0, 0.05) is 0 Å². The summed E-state index contributed by atoms with van der Waals surface area (Å²) in [6.45, 7) is 6.48. The second kappa shape index (κ2) is 5.73. The smallest absolute Gasteiger partial charge is 0.00240 e. The monoisotopic (exact) mass is 274 g/mol. The highest BCUT2D eigenvalue weighted by Gasteiger charge is 2.09. The maximum absolute atomic E-state index is 2.28. The van der Waals surface area contributed by atoms with Crippen LogP contribution in [-0.4, -0.2) is 0 Å². The van der Waals surface area contributed by atoms with Crippen LogP contribution in [0.15, 0.2) is 54.6 Å². The summed E-state index contributed by atoms with van der Waals surface area (Å²) in [6.07, 6.45) is 2.34. The summed E-state index contributed by atoms with van der Waals surface area (Å²) in [4.78, 5) is 0. The Morgan fingerprint density at radius 1 is 0.619 bits per heavy atom. The molecule has 106 valence electrons. The van der Waals surface area contributed by atoms with Crippen molar-refractivity contribution in [1.29, 1.82) is 0 Å². The maximum Gasteiger partial charge on any atom is -0.00240 e. The second-order valence-electron chi connectivity index (χ2n) is 5.64. The first-order chi connectivity index (χ1) is 10.3. The molecule has 0 radical (unpaired) electrons. The molecule has 0 saturated carbocycles. The molecule has 0 atom stereocenters. The van der Waals surface area contributed by atoms with Crippen molar-refractivity contribution < 1.29 is 0 Å². The van der Waals surface area contributed by atoms with Crippen LogP contribution in [-0.2, 0) is 6.42 Å². The Morgan fingerprint density at radius 2 is 1.14 bits per heavy atom. The van der Waals surface area contributed by atoms with Crippen LogP contribution in [0.25, 0.3) is 32.3 Å². The SMILES string of the molecule is CCC.CCc1ccc2ccc3cccc4ccc1c2c34. The predicted molar refractivity (Wildman–Crippen MR) is 95.5 cm³/mol. The third-order valence-electron chi connectivity index (χ3n) is 4.00. The van der Waals surface area contributed by atoms with E-state index in [4.69, 9.17) is 0 Å². The fraction of sp³-hybridized carbons (Fsp3) is 0.238. The summed E-state index contributed by atoms with van der Waals surface area (Å²) in [5, 5.41) is 8.32. The number of aryl methyl sites for hydroxylation is 1. The third kappa shape index (κ3) is 2.25. The number of hydrogen-bond donors (Lipinski definition) is 0. The van der Waals surface area contributed by atoms with Crippen molar-refractivity contribution in [2.75, 3.05) is 0 Å². The van der Waals surface area contributed by atoms with E-state index in [1.807, 2.05) is 0 Å². The zero-order valence-electron chi connectivity index (χ0n) is 13.1. The van der Waals surface area contributed by atoms with Crippen LogP contribution < -0.4 is 0 Å². The first kappa shape index (κ1) is 13.9. The maximum atomic E-state index is 2.28. The molecule has 0 heteroatoms. The molecule has 0 aliphatic rings. The van der Waals surface area contributed by atoms with Crippen LogP contribution in [0.5, 0.6) is 0 Å². The lowest BCUT2D eigenvalue weighted by atomic mass is 9.91. The van der Waals surface area contributed by atoms with E-state index in [0.29, 0.717) is 0 Å². The van der Waals surface area contributed by atoms with Gasteiger partial charge >= 0.3 is 0 Å². The van der Waals surface area contributed by atoms with Crippen molar-refractivity contribution in [2.24, 2.45) is 0 Å². The van der Waals surface area contributed by atoms with Crippen molar-refractivity contribution in [3.05, 3.63) is 60.2 Å². The van der Waals surface area contributed by atoms with E-state index in [0.717, 1.165) is 6.42 Å². The molecule has 0 unspecified atom stereocenters. The Balaban J connectivity index is 0.000000409. The average molecular weight is 274 g/mol. The molecular formula is C21H22. The van der Waals surface area contributed by atoms with Crippen LogP contribution in [0.1, 0.15) is 32.8 Å². The molecule has 0 saturated heterocycles. The number of benzene rings is 4. The van der Waals surface area contributed by atoms with E-state index in [-0.39, 0.29) is 0 Å². The lowest BCUT2D eigenvalue weighted by molar-refractivity contribution is 1.09. The minimum atomic E-state index is 1.09. The van der Waals surface area contributed by atoms with E-state index in [9.17, 15) is 0 Å². The highest BCUT2D eigenvalue weighted by atomic mass is 14.1. The van der Waals surface area contributed by atoms with Crippen LogP contribution >= 0.6 is 0 Å². The molecule has 0 amide bonds. The minimum Gasteiger partial charge on any atom is -0.0656 e. The van der Waals surface area contributed by atoms with Gasteiger partial charge in [0.15, 0.2) is 0 Å². The fourth-order valence-corrected chi connectivity index (χ4v) is 3.10. The summed E-state index contributed by atoms with van der Waals surface area (Å²) in [6, 6.07) is 20.1. The predicted octanol–water partition coefficient (Wildman–Crippen LogP) is 6.56. The molecule has 0 bridgehead atoms. The standard InChI is InChI=1S/C18H14.C3H8/c1-2-12-6-7-15-9-8-13-4-3-5-14-10-11-16(12)18(15)17(13)14;1-3-2/h3-11H,2H2,1H3;3H2,1-2H3. The zero-order chi connectivity index (χ0) is 14.8. The minimum absolute atomic E-state index is 1.09. The van der Waals surface area contributed by atoms with Gasteiger partial charge in [0.1, 0.15) is 0 Å². The summed E-state index contributed by atoms with van der Waals surface area (Å²) in [5.41, 5.74) is 1.45. The third-order valence-corrected chi connectivity index (χ3v) is 4.00. The Morgan fingerprint density at radius 3 is 1.76 bits per heavy atom. The van der Waals surface area contributed by atoms with Crippen molar-refractivity contribution in [1.82, 2.24) is 0 Å². The van der Waals surface area contributed by atoms with Gasteiger partial charge in [0.25, 0.3) is 0 Å². The molecule has 0 aromatic heterocycles. The van der Waals surface area contributed by atoms with Gasteiger partial charge < -0.3 is 0 Å². The fourth-order valence-electron chi connectivity index (χ4n) is 3.10. The van der Waals surface area contributed by atoms with E-state index in [2.05, 4.69) is 75.4 Å². The van der Waals surface area contributed by atoms with Gasteiger partial charge in [0.05, 0.1) is 0 Å². The zero-order valence-corrected chi connectivity index (χ0v) is 13.1. The molecular weight excluding hydrogens is 252 g/mol. The van der Waals surface area contributed by atoms with Crippen molar-refractivity contribution in [3.63, 3.8) is 0 Å². The van der Waals surface area contributed by atoms with Crippen LogP contribution in [0, 0.1) is 0 Å². The van der Waals surface area contributed by atoms with Crippen molar-refractivity contribution in [3.8, 4) is 0 Å². The quantitative estimate of drug-likeness (QED) is 0.345. The molecule has 0 aliphatic heterocycles. The molecule has 4 aromatic rings. The topological polar surface area (TPSA) is 0 Å². The largest absolute Gasteiger partial charge is 0.0656 e. The Labute approximate surface area is 126 Å². The first-order valence-corrected chi connectivity index (χ1v) is 7.95.